The number of alkyl halides is 1. The molecular formula is C8H5ClF4O. The van der Waals surface area contributed by atoms with Gasteiger partial charge in [0.25, 0.3) is 0 Å². The topological polar surface area (TPSA) is 9.23 Å². The fourth-order valence-corrected chi connectivity index (χ4v) is 0.967. The van der Waals surface area contributed by atoms with Crippen molar-refractivity contribution < 1.29 is 22.3 Å². The highest BCUT2D eigenvalue weighted by molar-refractivity contribution is 6.17. The van der Waals surface area contributed by atoms with Crippen LogP contribution < -0.4 is 0 Å². The van der Waals surface area contributed by atoms with Crippen molar-refractivity contribution in [2.75, 3.05) is 6.07 Å². The fraction of sp³-hybridized carbons (Fsp3) is 0.250. The number of hydrogen-bond donors (Lipinski definition) is 0. The summed E-state index contributed by atoms with van der Waals surface area (Å²) in [6, 6.07) is -0.189. The SMILES string of the molecule is Fc1cc(F)c(F)c(COCCl)c1F. The zero-order valence-corrected chi connectivity index (χ0v) is 7.55. The molecule has 0 aliphatic carbocycles. The Labute approximate surface area is 82.2 Å². The Morgan fingerprint density at radius 1 is 1.07 bits per heavy atom. The van der Waals surface area contributed by atoms with Crippen molar-refractivity contribution in [3.63, 3.8) is 0 Å². The number of halogens is 5. The monoisotopic (exact) mass is 228 g/mol. The zero-order valence-electron chi connectivity index (χ0n) is 6.79. The van der Waals surface area contributed by atoms with E-state index in [0.29, 0.717) is 0 Å². The Hall–Kier alpha value is -0.810. The molecule has 0 fully saturated rings. The molecule has 0 atom stereocenters. The molecule has 0 amide bonds. The third-order valence-electron chi connectivity index (χ3n) is 1.53. The van der Waals surface area contributed by atoms with Gasteiger partial charge in [0.15, 0.2) is 23.3 Å². The maximum Gasteiger partial charge on any atom is 0.167 e. The van der Waals surface area contributed by atoms with Crippen LogP contribution in [0.5, 0.6) is 0 Å². The lowest BCUT2D eigenvalue weighted by Gasteiger charge is -2.05. The molecule has 0 aliphatic rings. The molecule has 0 saturated carbocycles. The van der Waals surface area contributed by atoms with Gasteiger partial charge in [0.2, 0.25) is 0 Å². The molecule has 0 aliphatic heterocycles. The van der Waals surface area contributed by atoms with Crippen LogP contribution in [-0.2, 0) is 11.3 Å². The van der Waals surface area contributed by atoms with Crippen LogP contribution in [0.15, 0.2) is 6.07 Å². The maximum absolute atomic E-state index is 12.9. The molecule has 0 aromatic heterocycles. The molecule has 0 unspecified atom stereocenters. The molecule has 0 radical (unpaired) electrons. The van der Waals surface area contributed by atoms with Gasteiger partial charge in [0.05, 0.1) is 12.2 Å². The van der Waals surface area contributed by atoms with Gasteiger partial charge in [-0.05, 0) is 0 Å². The van der Waals surface area contributed by atoms with Crippen molar-refractivity contribution in [2.45, 2.75) is 6.61 Å². The summed E-state index contributed by atoms with van der Waals surface area (Å²) in [5, 5.41) is 0. The molecule has 1 aromatic carbocycles. The number of rotatable bonds is 3. The Bertz CT molecular complexity index is 316. The molecule has 1 nitrogen and oxygen atoms in total. The van der Waals surface area contributed by atoms with Gasteiger partial charge < -0.3 is 4.74 Å². The van der Waals surface area contributed by atoms with Gasteiger partial charge >= 0.3 is 0 Å². The van der Waals surface area contributed by atoms with Crippen molar-refractivity contribution >= 4 is 11.6 Å². The third kappa shape index (κ3) is 2.16. The summed E-state index contributed by atoms with van der Waals surface area (Å²) in [7, 11) is 0. The van der Waals surface area contributed by atoms with E-state index >= 15 is 0 Å². The van der Waals surface area contributed by atoms with Crippen LogP contribution in [0.1, 0.15) is 5.56 Å². The van der Waals surface area contributed by atoms with Crippen LogP contribution in [-0.4, -0.2) is 6.07 Å². The lowest BCUT2D eigenvalue weighted by molar-refractivity contribution is 0.157. The van der Waals surface area contributed by atoms with Crippen molar-refractivity contribution in [1.82, 2.24) is 0 Å². The van der Waals surface area contributed by atoms with Gasteiger partial charge in [-0.2, -0.15) is 0 Å². The van der Waals surface area contributed by atoms with Crippen molar-refractivity contribution in [3.8, 4) is 0 Å². The van der Waals surface area contributed by atoms with Gasteiger partial charge in [-0.3, -0.25) is 0 Å². The zero-order chi connectivity index (χ0) is 10.7. The lowest BCUT2D eigenvalue weighted by Crippen LogP contribution is -2.04. The quantitative estimate of drug-likeness (QED) is 0.439. The molecule has 0 N–H and O–H groups in total. The number of benzene rings is 1. The molecule has 0 saturated heterocycles. The van der Waals surface area contributed by atoms with Crippen LogP contribution in [0.2, 0.25) is 0 Å². The van der Waals surface area contributed by atoms with Gasteiger partial charge in [0.1, 0.15) is 6.07 Å². The van der Waals surface area contributed by atoms with Gasteiger partial charge in [-0.1, -0.05) is 11.6 Å². The Kier molecular flexibility index (Phi) is 3.71. The highest BCUT2D eigenvalue weighted by atomic mass is 35.5. The van der Waals surface area contributed by atoms with E-state index in [1.54, 1.807) is 0 Å². The molecule has 14 heavy (non-hydrogen) atoms. The summed E-state index contributed by atoms with van der Waals surface area (Å²) in [6.45, 7) is -0.615. The van der Waals surface area contributed by atoms with Crippen LogP contribution in [0.3, 0.4) is 0 Å². The first-order valence-corrected chi connectivity index (χ1v) is 4.07. The summed E-state index contributed by atoms with van der Waals surface area (Å²) < 4.78 is 55.3. The minimum Gasteiger partial charge on any atom is -0.361 e. The Morgan fingerprint density at radius 2 is 1.57 bits per heavy atom. The van der Waals surface area contributed by atoms with E-state index in [1.807, 2.05) is 0 Å². The molecule has 0 bridgehead atoms. The van der Waals surface area contributed by atoms with E-state index < -0.39 is 35.4 Å². The van der Waals surface area contributed by atoms with Crippen molar-refractivity contribution in [1.29, 1.82) is 0 Å². The van der Waals surface area contributed by atoms with E-state index in [4.69, 9.17) is 11.6 Å². The van der Waals surface area contributed by atoms with Crippen LogP contribution >= 0.6 is 11.6 Å². The van der Waals surface area contributed by atoms with Gasteiger partial charge in [-0.25, -0.2) is 17.6 Å². The van der Waals surface area contributed by atoms with Gasteiger partial charge in [0, 0.05) is 6.07 Å². The third-order valence-corrected chi connectivity index (χ3v) is 1.68. The minimum atomic E-state index is -1.46. The normalized spacial score (nSPS) is 10.6. The first-order valence-electron chi connectivity index (χ1n) is 3.53. The summed E-state index contributed by atoms with van der Waals surface area (Å²) in [6.07, 6.45) is 0. The first-order chi connectivity index (χ1) is 6.57. The van der Waals surface area contributed by atoms with E-state index in [2.05, 4.69) is 4.74 Å². The standard InChI is InChI=1S/C8H5ClF4O/c9-3-14-2-4-7(12)5(10)1-6(11)8(4)13/h1H,2-3H2. The van der Waals surface area contributed by atoms with Crippen LogP contribution in [0, 0.1) is 23.3 Å². The van der Waals surface area contributed by atoms with Crippen molar-refractivity contribution in [3.05, 3.63) is 34.9 Å². The fourth-order valence-electron chi connectivity index (χ4n) is 0.890. The second-order valence-electron chi connectivity index (χ2n) is 2.40. The molecule has 78 valence electrons. The Morgan fingerprint density at radius 3 is 2.00 bits per heavy atom. The summed E-state index contributed by atoms with van der Waals surface area (Å²) in [5.41, 5.74) is -0.803. The smallest absolute Gasteiger partial charge is 0.167 e. The van der Waals surface area contributed by atoms with Crippen molar-refractivity contribution in [2.24, 2.45) is 0 Å². The van der Waals surface area contributed by atoms with E-state index in [9.17, 15) is 17.6 Å². The van der Waals surface area contributed by atoms with Crippen LogP contribution in [0.25, 0.3) is 0 Å². The maximum atomic E-state index is 12.9. The molecule has 6 heteroatoms. The molecule has 0 heterocycles. The molecular weight excluding hydrogens is 224 g/mol. The molecule has 1 aromatic rings. The van der Waals surface area contributed by atoms with E-state index in [-0.39, 0.29) is 12.1 Å². The number of hydrogen-bond acceptors (Lipinski definition) is 1. The highest BCUT2D eigenvalue weighted by Crippen LogP contribution is 2.19. The lowest BCUT2D eigenvalue weighted by atomic mass is 10.2. The largest absolute Gasteiger partial charge is 0.361 e. The first kappa shape index (κ1) is 11.3. The minimum absolute atomic E-state index is 0.134. The summed E-state index contributed by atoms with van der Waals surface area (Å²) >= 11 is 5.08. The van der Waals surface area contributed by atoms with E-state index in [0.717, 1.165) is 0 Å². The second-order valence-corrected chi connectivity index (χ2v) is 2.62. The van der Waals surface area contributed by atoms with Gasteiger partial charge in [-0.15, -0.1) is 0 Å². The van der Waals surface area contributed by atoms with Crippen LogP contribution in [0.4, 0.5) is 17.6 Å². The summed E-state index contributed by atoms with van der Waals surface area (Å²) in [5.74, 6) is -5.85. The molecule has 1 rings (SSSR count). The predicted octanol–water partition coefficient (Wildman–Crippen LogP) is 2.96. The van der Waals surface area contributed by atoms with E-state index in [1.165, 1.54) is 0 Å². The Balaban J connectivity index is 3.11. The average Bonchev–Trinajstić information content (AvgIpc) is 2.15. The second kappa shape index (κ2) is 4.61. The molecule has 0 spiro atoms. The highest BCUT2D eigenvalue weighted by Gasteiger charge is 2.18. The average molecular weight is 229 g/mol. The number of ether oxygens (including phenoxy) is 1. The predicted molar refractivity (Wildman–Crippen MR) is 41.8 cm³/mol. The summed E-state index contributed by atoms with van der Waals surface area (Å²) in [4.78, 5) is 0.